The molecule has 138 valence electrons. The maximum atomic E-state index is 13.0. The molecule has 2 aromatic rings. The van der Waals surface area contributed by atoms with Gasteiger partial charge < -0.3 is 5.32 Å². The number of amides is 1. The normalized spacial score (nSPS) is 17.0. The molecule has 26 heavy (non-hydrogen) atoms. The molecule has 3 rings (SSSR count). The first-order valence-electron chi connectivity index (χ1n) is 9.04. The smallest absolute Gasteiger partial charge is 0.223 e. The molecular weight excluding hydrogens is 351 g/mol. The number of rotatable bonds is 5. The van der Waals surface area contributed by atoms with Gasteiger partial charge in [-0.05, 0) is 68.2 Å². The van der Waals surface area contributed by atoms with Crippen molar-refractivity contribution in [1.82, 2.24) is 10.2 Å². The van der Waals surface area contributed by atoms with Crippen LogP contribution in [0.3, 0.4) is 0 Å². The average molecular weight is 375 g/mol. The molecule has 5 heteroatoms. The van der Waals surface area contributed by atoms with E-state index < -0.39 is 0 Å². The molecule has 0 spiro atoms. The molecule has 1 saturated heterocycles. The minimum atomic E-state index is -0.264. The van der Waals surface area contributed by atoms with Crippen molar-refractivity contribution in [1.29, 1.82) is 0 Å². The molecule has 1 aliphatic heterocycles. The lowest BCUT2D eigenvalue weighted by Crippen LogP contribution is -2.40. The molecule has 3 nitrogen and oxygen atoms in total. The first-order valence-corrected chi connectivity index (χ1v) is 9.41. The SMILES string of the molecule is C[C@@H](NC(=O)C1CCN(Cc2cccc(Cl)c2)CC1)c1ccc(F)cc1. The number of carbonyl (C=O) groups excluding carboxylic acids is 1. The van der Waals surface area contributed by atoms with Crippen LogP contribution in [0.5, 0.6) is 0 Å². The number of halogens is 2. The van der Waals surface area contributed by atoms with Gasteiger partial charge in [0.2, 0.25) is 5.91 Å². The first kappa shape index (κ1) is 18.9. The zero-order valence-corrected chi connectivity index (χ0v) is 15.7. The molecule has 0 saturated carbocycles. The average Bonchev–Trinajstić information content (AvgIpc) is 2.63. The van der Waals surface area contributed by atoms with Crippen molar-refractivity contribution in [3.05, 3.63) is 70.5 Å². The highest BCUT2D eigenvalue weighted by Crippen LogP contribution is 2.22. The highest BCUT2D eigenvalue weighted by molar-refractivity contribution is 6.30. The van der Waals surface area contributed by atoms with Crippen molar-refractivity contribution in [2.75, 3.05) is 13.1 Å². The van der Waals surface area contributed by atoms with Gasteiger partial charge in [-0.15, -0.1) is 0 Å². The highest BCUT2D eigenvalue weighted by Gasteiger charge is 2.26. The van der Waals surface area contributed by atoms with Crippen LogP contribution in [-0.4, -0.2) is 23.9 Å². The van der Waals surface area contributed by atoms with Crippen molar-refractivity contribution >= 4 is 17.5 Å². The lowest BCUT2D eigenvalue weighted by atomic mass is 9.95. The van der Waals surface area contributed by atoms with E-state index in [1.165, 1.54) is 17.7 Å². The monoisotopic (exact) mass is 374 g/mol. The first-order chi connectivity index (χ1) is 12.5. The molecule has 1 N–H and O–H groups in total. The Bertz CT molecular complexity index is 742. The molecule has 1 fully saturated rings. The number of nitrogens with zero attached hydrogens (tertiary/aromatic N) is 1. The Morgan fingerprint density at radius 3 is 2.58 bits per heavy atom. The van der Waals surface area contributed by atoms with E-state index in [0.717, 1.165) is 43.1 Å². The van der Waals surface area contributed by atoms with Crippen LogP contribution in [0.2, 0.25) is 5.02 Å². The van der Waals surface area contributed by atoms with Crippen LogP contribution in [0, 0.1) is 11.7 Å². The summed E-state index contributed by atoms with van der Waals surface area (Å²) < 4.78 is 13.0. The quantitative estimate of drug-likeness (QED) is 0.831. The summed E-state index contributed by atoms with van der Waals surface area (Å²) in [6, 6.07) is 14.1. The van der Waals surface area contributed by atoms with Gasteiger partial charge in [0.15, 0.2) is 0 Å². The van der Waals surface area contributed by atoms with E-state index in [4.69, 9.17) is 11.6 Å². The maximum absolute atomic E-state index is 13.0. The van der Waals surface area contributed by atoms with E-state index in [9.17, 15) is 9.18 Å². The lowest BCUT2D eigenvalue weighted by molar-refractivity contribution is -0.127. The minimum Gasteiger partial charge on any atom is -0.349 e. The van der Waals surface area contributed by atoms with Crippen LogP contribution in [0.15, 0.2) is 48.5 Å². The summed E-state index contributed by atoms with van der Waals surface area (Å²) in [5.41, 5.74) is 2.11. The third-order valence-electron chi connectivity index (χ3n) is 4.98. The fourth-order valence-corrected chi connectivity index (χ4v) is 3.63. The van der Waals surface area contributed by atoms with Crippen molar-refractivity contribution < 1.29 is 9.18 Å². The number of hydrogen-bond donors (Lipinski definition) is 1. The third kappa shape index (κ3) is 5.05. The largest absolute Gasteiger partial charge is 0.349 e. The van der Waals surface area contributed by atoms with Crippen LogP contribution in [0.1, 0.15) is 36.9 Å². The lowest BCUT2D eigenvalue weighted by Gasteiger charge is -2.32. The molecular formula is C21H24ClFN2O. The molecule has 1 aliphatic rings. The van der Waals surface area contributed by atoms with E-state index in [2.05, 4.69) is 16.3 Å². The van der Waals surface area contributed by atoms with Crippen molar-refractivity contribution in [3.63, 3.8) is 0 Å². The summed E-state index contributed by atoms with van der Waals surface area (Å²) in [7, 11) is 0. The summed E-state index contributed by atoms with van der Waals surface area (Å²) in [4.78, 5) is 14.9. The van der Waals surface area contributed by atoms with Gasteiger partial charge in [-0.3, -0.25) is 9.69 Å². The summed E-state index contributed by atoms with van der Waals surface area (Å²) >= 11 is 6.04. The Morgan fingerprint density at radius 2 is 1.92 bits per heavy atom. The maximum Gasteiger partial charge on any atom is 0.223 e. The number of nitrogens with one attached hydrogen (secondary N) is 1. The van der Waals surface area contributed by atoms with E-state index in [-0.39, 0.29) is 23.7 Å². The van der Waals surface area contributed by atoms with E-state index in [1.54, 1.807) is 12.1 Å². The zero-order chi connectivity index (χ0) is 18.5. The van der Waals surface area contributed by atoms with Gasteiger partial charge in [-0.1, -0.05) is 35.9 Å². The van der Waals surface area contributed by atoms with Gasteiger partial charge >= 0.3 is 0 Å². The number of carbonyl (C=O) groups is 1. The Hall–Kier alpha value is -1.91. The minimum absolute atomic E-state index is 0.0357. The van der Waals surface area contributed by atoms with Gasteiger partial charge in [0.25, 0.3) is 0 Å². The van der Waals surface area contributed by atoms with Crippen LogP contribution in [0.25, 0.3) is 0 Å². The second-order valence-electron chi connectivity index (χ2n) is 6.96. The van der Waals surface area contributed by atoms with Gasteiger partial charge in [-0.25, -0.2) is 4.39 Å². The molecule has 0 aromatic heterocycles. The standard InChI is InChI=1S/C21H24ClFN2O/c1-15(17-5-7-20(23)8-6-17)24-21(26)18-9-11-25(12-10-18)14-16-3-2-4-19(22)13-16/h2-8,13,15,18H,9-12,14H2,1H3,(H,24,26)/t15-/m1/s1. The molecule has 0 aliphatic carbocycles. The van der Waals surface area contributed by atoms with Crippen molar-refractivity contribution in [3.8, 4) is 0 Å². The third-order valence-corrected chi connectivity index (χ3v) is 5.22. The van der Waals surface area contributed by atoms with Gasteiger partial charge in [0, 0.05) is 17.5 Å². The van der Waals surface area contributed by atoms with Gasteiger partial charge in [0.05, 0.1) is 6.04 Å². The van der Waals surface area contributed by atoms with Gasteiger partial charge in [0.1, 0.15) is 5.82 Å². The number of likely N-dealkylation sites (tertiary alicyclic amines) is 1. The summed E-state index contributed by atoms with van der Waals surface area (Å²) in [6.45, 7) is 4.59. The van der Waals surface area contributed by atoms with Crippen molar-refractivity contribution in [2.45, 2.75) is 32.4 Å². The van der Waals surface area contributed by atoms with Crippen LogP contribution >= 0.6 is 11.6 Å². The number of benzene rings is 2. The molecule has 1 heterocycles. The highest BCUT2D eigenvalue weighted by atomic mass is 35.5. The summed E-state index contributed by atoms with van der Waals surface area (Å²) in [5.74, 6) is -0.142. The second-order valence-corrected chi connectivity index (χ2v) is 7.40. The summed E-state index contributed by atoms with van der Waals surface area (Å²) in [5, 5.41) is 3.82. The Balaban J connectivity index is 1.48. The van der Waals surface area contributed by atoms with Crippen LogP contribution < -0.4 is 5.32 Å². The fourth-order valence-electron chi connectivity index (χ4n) is 3.41. The van der Waals surface area contributed by atoms with E-state index in [0.29, 0.717) is 0 Å². The Labute approximate surface area is 159 Å². The Morgan fingerprint density at radius 1 is 1.23 bits per heavy atom. The van der Waals surface area contributed by atoms with Crippen molar-refractivity contribution in [2.24, 2.45) is 5.92 Å². The molecule has 2 aromatic carbocycles. The topological polar surface area (TPSA) is 32.3 Å². The zero-order valence-electron chi connectivity index (χ0n) is 14.9. The predicted molar refractivity (Wildman–Crippen MR) is 102 cm³/mol. The second kappa shape index (κ2) is 8.65. The fraction of sp³-hybridized carbons (Fsp3) is 0.381. The molecule has 0 bridgehead atoms. The molecule has 0 unspecified atom stereocenters. The van der Waals surface area contributed by atoms with Crippen LogP contribution in [-0.2, 0) is 11.3 Å². The summed E-state index contributed by atoms with van der Waals surface area (Å²) in [6.07, 6.45) is 1.70. The molecule has 1 atom stereocenters. The Kier molecular flexibility index (Phi) is 6.28. The molecule has 0 radical (unpaired) electrons. The molecule has 1 amide bonds. The number of hydrogen-bond acceptors (Lipinski definition) is 2. The van der Waals surface area contributed by atoms with Crippen LogP contribution in [0.4, 0.5) is 4.39 Å². The number of piperidine rings is 1. The van der Waals surface area contributed by atoms with E-state index >= 15 is 0 Å². The van der Waals surface area contributed by atoms with Gasteiger partial charge in [-0.2, -0.15) is 0 Å². The van der Waals surface area contributed by atoms with E-state index in [1.807, 2.05) is 25.1 Å². The predicted octanol–water partition coefficient (Wildman–Crippen LogP) is 4.57.